The third-order valence-corrected chi connectivity index (χ3v) is 5.81. The zero-order chi connectivity index (χ0) is 25.7. The lowest BCUT2D eigenvalue weighted by molar-refractivity contribution is -0.151. The standard InChI is InChI=1S/C28H28N2O6/c1-18(2)16-35-27(33)20-10-12-22(13-11-20)29-25(31)17-36-28(34)21-14-26(32)30(15-21)24-9-5-7-19-6-3-4-8-23(19)24/h3-13,18,21H,14-17H2,1-2H3,(H,29,31)/t21-/m1/s1. The van der Waals surface area contributed by atoms with Crippen molar-refractivity contribution in [3.63, 3.8) is 0 Å². The number of rotatable bonds is 8. The monoisotopic (exact) mass is 488 g/mol. The van der Waals surface area contributed by atoms with Gasteiger partial charge in [-0.25, -0.2) is 4.79 Å². The van der Waals surface area contributed by atoms with Gasteiger partial charge in [0.05, 0.1) is 23.8 Å². The number of hydrogen-bond donors (Lipinski definition) is 1. The summed E-state index contributed by atoms with van der Waals surface area (Å²) in [5, 5.41) is 4.56. The summed E-state index contributed by atoms with van der Waals surface area (Å²) in [5.41, 5.74) is 1.58. The molecule has 0 bridgehead atoms. The highest BCUT2D eigenvalue weighted by molar-refractivity contribution is 6.06. The van der Waals surface area contributed by atoms with Crippen LogP contribution in [0.5, 0.6) is 0 Å². The van der Waals surface area contributed by atoms with E-state index in [0.29, 0.717) is 17.9 Å². The van der Waals surface area contributed by atoms with E-state index in [1.54, 1.807) is 29.2 Å². The normalized spacial score (nSPS) is 15.2. The van der Waals surface area contributed by atoms with E-state index >= 15 is 0 Å². The predicted octanol–water partition coefficient (Wildman–Crippen LogP) is 4.19. The molecule has 36 heavy (non-hydrogen) atoms. The number of benzene rings is 3. The van der Waals surface area contributed by atoms with Gasteiger partial charge in [-0.2, -0.15) is 0 Å². The lowest BCUT2D eigenvalue weighted by Crippen LogP contribution is -2.28. The Morgan fingerprint density at radius 2 is 1.69 bits per heavy atom. The SMILES string of the molecule is CC(C)COC(=O)c1ccc(NC(=O)COC(=O)[C@@H]2CC(=O)N(c3cccc4ccccc34)C2)cc1. The lowest BCUT2D eigenvalue weighted by atomic mass is 10.1. The first-order chi connectivity index (χ1) is 17.3. The highest BCUT2D eigenvalue weighted by Gasteiger charge is 2.37. The van der Waals surface area contributed by atoms with Gasteiger partial charge in [-0.05, 0) is 41.6 Å². The first kappa shape index (κ1) is 24.9. The summed E-state index contributed by atoms with van der Waals surface area (Å²) in [7, 11) is 0. The summed E-state index contributed by atoms with van der Waals surface area (Å²) < 4.78 is 10.4. The van der Waals surface area contributed by atoms with Crippen LogP contribution >= 0.6 is 0 Å². The lowest BCUT2D eigenvalue weighted by Gasteiger charge is -2.18. The van der Waals surface area contributed by atoms with Gasteiger partial charge < -0.3 is 19.7 Å². The summed E-state index contributed by atoms with van der Waals surface area (Å²) >= 11 is 0. The van der Waals surface area contributed by atoms with E-state index in [0.717, 1.165) is 16.5 Å². The van der Waals surface area contributed by atoms with Gasteiger partial charge >= 0.3 is 11.9 Å². The van der Waals surface area contributed by atoms with E-state index in [9.17, 15) is 19.2 Å². The second kappa shape index (κ2) is 11.0. The first-order valence-corrected chi connectivity index (χ1v) is 11.8. The Morgan fingerprint density at radius 3 is 2.44 bits per heavy atom. The maximum atomic E-state index is 12.7. The summed E-state index contributed by atoms with van der Waals surface area (Å²) in [6.45, 7) is 3.95. The average molecular weight is 489 g/mol. The number of carbonyl (C=O) groups is 4. The number of esters is 2. The fourth-order valence-corrected chi connectivity index (χ4v) is 4.01. The van der Waals surface area contributed by atoms with Gasteiger partial charge in [0.25, 0.3) is 5.91 Å². The molecule has 0 radical (unpaired) electrons. The minimum absolute atomic E-state index is 0.0258. The molecular weight excluding hydrogens is 460 g/mol. The molecule has 8 nitrogen and oxygen atoms in total. The molecule has 1 aliphatic heterocycles. The molecule has 186 valence electrons. The minimum Gasteiger partial charge on any atom is -0.462 e. The minimum atomic E-state index is -0.652. The van der Waals surface area contributed by atoms with E-state index in [4.69, 9.17) is 9.47 Å². The Kier molecular flexibility index (Phi) is 7.63. The maximum Gasteiger partial charge on any atom is 0.338 e. The van der Waals surface area contributed by atoms with Crippen LogP contribution in [-0.4, -0.2) is 43.5 Å². The molecule has 0 aliphatic carbocycles. The van der Waals surface area contributed by atoms with Crippen LogP contribution in [-0.2, 0) is 23.9 Å². The van der Waals surface area contributed by atoms with Crippen molar-refractivity contribution in [2.45, 2.75) is 20.3 Å². The number of fused-ring (bicyclic) bond motifs is 1. The molecule has 4 rings (SSSR count). The van der Waals surface area contributed by atoms with E-state index in [1.807, 2.05) is 56.3 Å². The zero-order valence-corrected chi connectivity index (χ0v) is 20.2. The Bertz CT molecular complexity index is 1280. The molecule has 1 fully saturated rings. The van der Waals surface area contributed by atoms with Crippen LogP contribution in [0.1, 0.15) is 30.6 Å². The van der Waals surface area contributed by atoms with Crippen molar-refractivity contribution in [2.24, 2.45) is 11.8 Å². The van der Waals surface area contributed by atoms with Gasteiger partial charge in [0.1, 0.15) is 0 Å². The molecule has 0 spiro atoms. The van der Waals surface area contributed by atoms with Crippen molar-refractivity contribution in [1.82, 2.24) is 0 Å². The molecule has 0 aromatic heterocycles. The smallest absolute Gasteiger partial charge is 0.338 e. The number of amides is 2. The van der Waals surface area contributed by atoms with Crippen molar-refractivity contribution >= 4 is 45.9 Å². The molecule has 1 saturated heterocycles. The number of carbonyl (C=O) groups excluding carboxylic acids is 4. The summed E-state index contributed by atoms with van der Waals surface area (Å²) in [5.74, 6) is -2.12. The predicted molar refractivity (Wildman–Crippen MR) is 136 cm³/mol. The molecule has 2 amide bonds. The third-order valence-electron chi connectivity index (χ3n) is 5.81. The highest BCUT2D eigenvalue weighted by atomic mass is 16.5. The van der Waals surface area contributed by atoms with Gasteiger partial charge in [0.2, 0.25) is 5.91 Å². The molecule has 1 N–H and O–H groups in total. The molecule has 1 heterocycles. The third kappa shape index (κ3) is 5.89. The van der Waals surface area contributed by atoms with Crippen LogP contribution in [0.25, 0.3) is 10.8 Å². The zero-order valence-electron chi connectivity index (χ0n) is 20.2. The van der Waals surface area contributed by atoms with Crippen molar-refractivity contribution < 1.29 is 28.7 Å². The molecule has 1 atom stereocenters. The molecule has 1 aliphatic rings. The van der Waals surface area contributed by atoms with Crippen LogP contribution < -0.4 is 10.2 Å². The first-order valence-electron chi connectivity index (χ1n) is 11.8. The molecule has 3 aromatic carbocycles. The molecule has 0 saturated carbocycles. The largest absolute Gasteiger partial charge is 0.462 e. The second-order valence-electron chi connectivity index (χ2n) is 9.13. The summed E-state index contributed by atoms with van der Waals surface area (Å²) in [4.78, 5) is 51.1. The van der Waals surface area contributed by atoms with Gasteiger partial charge in [0, 0.05) is 24.0 Å². The quantitative estimate of drug-likeness (QED) is 0.477. The van der Waals surface area contributed by atoms with Crippen LogP contribution in [0.15, 0.2) is 66.7 Å². The van der Waals surface area contributed by atoms with E-state index in [2.05, 4.69) is 5.32 Å². The summed E-state index contributed by atoms with van der Waals surface area (Å²) in [6, 6.07) is 19.7. The Labute approximate surface area is 209 Å². The summed E-state index contributed by atoms with van der Waals surface area (Å²) in [6.07, 6.45) is 0.0258. The van der Waals surface area contributed by atoms with Crippen molar-refractivity contribution in [1.29, 1.82) is 0 Å². The van der Waals surface area contributed by atoms with Crippen LogP contribution in [0.4, 0.5) is 11.4 Å². The Hall–Kier alpha value is -4.20. The number of anilines is 2. The van der Waals surface area contributed by atoms with Crippen molar-refractivity contribution in [2.75, 3.05) is 30.0 Å². The van der Waals surface area contributed by atoms with E-state index in [-0.39, 0.29) is 24.8 Å². The topological polar surface area (TPSA) is 102 Å². The van der Waals surface area contributed by atoms with Crippen LogP contribution in [0, 0.1) is 11.8 Å². The number of ether oxygens (including phenoxy) is 2. The highest BCUT2D eigenvalue weighted by Crippen LogP contribution is 2.32. The Morgan fingerprint density at radius 1 is 0.972 bits per heavy atom. The maximum absolute atomic E-state index is 12.7. The van der Waals surface area contributed by atoms with E-state index in [1.165, 1.54) is 0 Å². The van der Waals surface area contributed by atoms with Crippen molar-refractivity contribution in [3.05, 3.63) is 72.3 Å². The Balaban J connectivity index is 1.28. The van der Waals surface area contributed by atoms with Gasteiger partial charge in [-0.3, -0.25) is 14.4 Å². The number of nitrogens with one attached hydrogen (secondary N) is 1. The molecular formula is C28H28N2O6. The van der Waals surface area contributed by atoms with Crippen LogP contribution in [0.2, 0.25) is 0 Å². The average Bonchev–Trinajstić information content (AvgIpc) is 3.27. The van der Waals surface area contributed by atoms with Crippen LogP contribution in [0.3, 0.4) is 0 Å². The van der Waals surface area contributed by atoms with Gasteiger partial charge in [-0.1, -0.05) is 50.2 Å². The van der Waals surface area contributed by atoms with Gasteiger partial charge in [-0.15, -0.1) is 0 Å². The second-order valence-corrected chi connectivity index (χ2v) is 9.13. The van der Waals surface area contributed by atoms with Crippen molar-refractivity contribution in [3.8, 4) is 0 Å². The number of hydrogen-bond acceptors (Lipinski definition) is 6. The molecule has 0 unspecified atom stereocenters. The number of nitrogens with zero attached hydrogens (tertiary/aromatic N) is 1. The fraction of sp³-hybridized carbons (Fsp3) is 0.286. The fourth-order valence-electron chi connectivity index (χ4n) is 4.01. The van der Waals surface area contributed by atoms with E-state index < -0.39 is 30.4 Å². The van der Waals surface area contributed by atoms with Gasteiger partial charge in [0.15, 0.2) is 6.61 Å². The molecule has 8 heteroatoms. The molecule has 3 aromatic rings.